The first-order valence-corrected chi connectivity index (χ1v) is 14.1. The summed E-state index contributed by atoms with van der Waals surface area (Å²) in [5.74, 6) is 0. The van der Waals surface area contributed by atoms with Gasteiger partial charge in [-0.2, -0.15) is 10.5 Å². The van der Waals surface area contributed by atoms with Crippen molar-refractivity contribution < 1.29 is 0 Å². The van der Waals surface area contributed by atoms with E-state index in [1.807, 2.05) is 133 Å². The van der Waals surface area contributed by atoms with Gasteiger partial charge in [-0.25, -0.2) is 9.98 Å². The largest absolute Gasteiger partial charge is 0.353 e. The number of rotatable bonds is 6. The maximum absolute atomic E-state index is 10.4. The molecule has 5 aromatic rings. The Labute approximate surface area is 253 Å². The van der Waals surface area contributed by atoms with Crippen molar-refractivity contribution in [2.45, 2.75) is 0 Å². The van der Waals surface area contributed by atoms with Gasteiger partial charge in [0.1, 0.15) is 23.5 Å². The number of nitriles is 2. The lowest BCUT2D eigenvalue weighted by Gasteiger charge is -2.12. The van der Waals surface area contributed by atoms with Gasteiger partial charge in [-0.1, -0.05) is 97.1 Å². The molecule has 0 unspecified atom stereocenters. The summed E-state index contributed by atoms with van der Waals surface area (Å²) in [5.41, 5.74) is 6.81. The first kappa shape index (κ1) is 26.4. The van der Waals surface area contributed by atoms with Crippen molar-refractivity contribution in [2.75, 3.05) is 10.6 Å². The van der Waals surface area contributed by atoms with Gasteiger partial charge < -0.3 is 10.6 Å². The summed E-state index contributed by atoms with van der Waals surface area (Å²) in [6.45, 7) is 0. The number of allylic oxidation sites excluding steroid dienone is 2. The molecule has 44 heavy (non-hydrogen) atoms. The van der Waals surface area contributed by atoms with Crippen molar-refractivity contribution in [2.24, 2.45) is 9.98 Å². The molecular weight excluding hydrogens is 540 g/mol. The van der Waals surface area contributed by atoms with Gasteiger partial charge in [0.2, 0.25) is 0 Å². The number of hydrogen-bond acceptors (Lipinski definition) is 6. The Morgan fingerprint density at radius 1 is 0.455 bits per heavy atom. The molecular formula is C38H24N6. The first-order chi connectivity index (χ1) is 21.7. The summed E-state index contributed by atoms with van der Waals surface area (Å²) in [4.78, 5) is 9.71. The molecule has 2 aliphatic heterocycles. The fourth-order valence-electron chi connectivity index (χ4n) is 5.43. The van der Waals surface area contributed by atoms with Gasteiger partial charge in [0, 0.05) is 21.8 Å². The highest BCUT2D eigenvalue weighted by molar-refractivity contribution is 5.95. The van der Waals surface area contributed by atoms with Gasteiger partial charge in [0.25, 0.3) is 0 Å². The molecule has 0 atom stereocenters. The number of para-hydroxylation sites is 4. The van der Waals surface area contributed by atoms with Crippen LogP contribution in [0.2, 0.25) is 0 Å². The highest BCUT2D eigenvalue weighted by atomic mass is 15.0. The van der Waals surface area contributed by atoms with Crippen LogP contribution in [0.5, 0.6) is 0 Å². The third kappa shape index (κ3) is 4.83. The average Bonchev–Trinajstić information content (AvgIpc) is 3.62. The zero-order valence-electron chi connectivity index (χ0n) is 23.5. The van der Waals surface area contributed by atoms with Crippen molar-refractivity contribution in [3.63, 3.8) is 0 Å². The third-order valence-corrected chi connectivity index (χ3v) is 7.53. The minimum Gasteiger partial charge on any atom is -0.353 e. The standard InChI is InChI=1S/C38H24N6/c39-23-31(37-35(41-27-11-3-1-4-12-27)29-15-7-9-17-33(29)43-37)25-19-21-26(22-20-25)32(24-40)38-36(42-28-13-5-2-6-14-28)30-16-8-10-18-34(30)44-38/h1-22,41-42H/b37-31-,38-32-. The smallest absolute Gasteiger partial charge is 0.106 e. The van der Waals surface area contributed by atoms with E-state index in [1.54, 1.807) is 0 Å². The third-order valence-electron chi connectivity index (χ3n) is 7.53. The molecule has 0 aliphatic carbocycles. The Morgan fingerprint density at radius 2 is 0.818 bits per heavy atom. The van der Waals surface area contributed by atoms with Gasteiger partial charge >= 0.3 is 0 Å². The van der Waals surface area contributed by atoms with E-state index >= 15 is 0 Å². The highest BCUT2D eigenvalue weighted by Crippen LogP contribution is 2.31. The molecule has 0 saturated heterocycles. The van der Waals surface area contributed by atoms with E-state index in [-0.39, 0.29) is 0 Å². The Hall–Kier alpha value is -6.50. The summed E-state index contributed by atoms with van der Waals surface area (Å²) in [5, 5.41) is 31.2. The van der Waals surface area contributed by atoms with Crippen LogP contribution in [-0.4, -0.2) is 0 Å². The molecule has 0 fully saturated rings. The Morgan fingerprint density at radius 3 is 1.20 bits per heavy atom. The number of anilines is 2. The summed E-state index contributed by atoms with van der Waals surface area (Å²) in [6.07, 6.45) is 0. The van der Waals surface area contributed by atoms with Crippen LogP contribution in [0.25, 0.3) is 22.5 Å². The maximum Gasteiger partial charge on any atom is 0.106 e. The lowest BCUT2D eigenvalue weighted by Crippen LogP contribution is -2.24. The molecule has 206 valence electrons. The predicted molar refractivity (Wildman–Crippen MR) is 173 cm³/mol. The van der Waals surface area contributed by atoms with Crippen LogP contribution in [0.15, 0.2) is 155 Å². The topological polar surface area (TPSA) is 96.4 Å². The highest BCUT2D eigenvalue weighted by Gasteiger charge is 2.22. The Kier molecular flexibility index (Phi) is 6.85. The lowest BCUT2D eigenvalue weighted by molar-refractivity contribution is 1.31. The van der Waals surface area contributed by atoms with Crippen LogP contribution in [0.3, 0.4) is 0 Å². The quantitative estimate of drug-likeness (QED) is 0.275. The van der Waals surface area contributed by atoms with Crippen LogP contribution in [0.1, 0.15) is 11.1 Å². The molecule has 0 amide bonds. The van der Waals surface area contributed by atoms with Gasteiger partial charge in [-0.05, 0) is 47.5 Å². The van der Waals surface area contributed by atoms with Gasteiger partial charge in [-0.3, -0.25) is 0 Å². The first-order valence-electron chi connectivity index (χ1n) is 14.1. The van der Waals surface area contributed by atoms with Gasteiger partial charge in [0.05, 0.1) is 33.3 Å². The van der Waals surface area contributed by atoms with Gasteiger partial charge in [-0.15, -0.1) is 0 Å². The molecule has 0 radical (unpaired) electrons. The summed E-state index contributed by atoms with van der Waals surface area (Å²) in [7, 11) is 0. The lowest BCUT2D eigenvalue weighted by atomic mass is 9.98. The van der Waals surface area contributed by atoms with Gasteiger partial charge in [0.15, 0.2) is 0 Å². The van der Waals surface area contributed by atoms with Crippen LogP contribution in [0, 0.1) is 22.7 Å². The van der Waals surface area contributed by atoms with Crippen LogP contribution < -0.4 is 31.8 Å². The number of hydrogen-bond donors (Lipinski definition) is 2. The van der Waals surface area contributed by atoms with Crippen molar-refractivity contribution >= 4 is 33.9 Å². The van der Waals surface area contributed by atoms with E-state index in [0.717, 1.165) is 43.9 Å². The van der Waals surface area contributed by atoms with E-state index in [9.17, 15) is 10.5 Å². The summed E-state index contributed by atoms with van der Waals surface area (Å²) >= 11 is 0. The maximum atomic E-state index is 10.4. The minimum atomic E-state index is 0.438. The molecule has 6 heteroatoms. The van der Waals surface area contributed by atoms with E-state index in [1.165, 1.54) is 0 Å². The zero-order chi connectivity index (χ0) is 29.9. The number of nitrogens with zero attached hydrogens (tertiary/aromatic N) is 4. The fourth-order valence-corrected chi connectivity index (χ4v) is 5.43. The number of nitrogens with one attached hydrogen (secondary N) is 2. The molecule has 5 aromatic carbocycles. The van der Waals surface area contributed by atoms with E-state index in [0.29, 0.717) is 33.7 Å². The minimum absolute atomic E-state index is 0.438. The van der Waals surface area contributed by atoms with Crippen molar-refractivity contribution in [1.29, 1.82) is 10.5 Å². The Bertz CT molecular complexity index is 2150. The second-order valence-electron chi connectivity index (χ2n) is 10.2. The molecule has 2 heterocycles. The summed E-state index contributed by atoms with van der Waals surface area (Å²) in [6, 6.07) is 47.6. The summed E-state index contributed by atoms with van der Waals surface area (Å²) < 4.78 is 0. The second kappa shape index (κ2) is 11.4. The molecule has 0 bridgehead atoms. The van der Waals surface area contributed by atoms with E-state index in [2.05, 4.69) is 22.8 Å². The fraction of sp³-hybridized carbons (Fsp3) is 0. The van der Waals surface area contributed by atoms with E-state index in [4.69, 9.17) is 9.98 Å². The monoisotopic (exact) mass is 564 g/mol. The van der Waals surface area contributed by atoms with Crippen molar-refractivity contribution in [1.82, 2.24) is 0 Å². The predicted octanol–water partition coefficient (Wildman–Crippen LogP) is 5.26. The molecule has 6 nitrogen and oxygen atoms in total. The molecule has 7 rings (SSSR count). The molecule has 2 N–H and O–H groups in total. The van der Waals surface area contributed by atoms with Crippen LogP contribution in [-0.2, 0) is 0 Å². The average molecular weight is 565 g/mol. The van der Waals surface area contributed by atoms with Crippen molar-refractivity contribution in [3.05, 3.63) is 177 Å². The van der Waals surface area contributed by atoms with Crippen molar-refractivity contribution in [3.8, 4) is 12.1 Å². The molecule has 0 spiro atoms. The number of benzene rings is 5. The van der Waals surface area contributed by atoms with Crippen LogP contribution >= 0.6 is 0 Å². The SMILES string of the molecule is N#C/C(=C1/N=c2ccccc2=C1Nc1ccccc1)c1ccc(/C(C#N)=C2\N=c3ccccc3=C2Nc2ccccc2)cc1. The molecule has 0 aromatic heterocycles. The molecule has 0 saturated carbocycles. The van der Waals surface area contributed by atoms with Crippen LogP contribution in [0.4, 0.5) is 11.4 Å². The zero-order valence-corrected chi connectivity index (χ0v) is 23.5. The second-order valence-corrected chi connectivity index (χ2v) is 10.2. The Balaban J connectivity index is 1.31. The number of fused-ring (bicyclic) bond motifs is 2. The molecule has 2 aliphatic rings. The van der Waals surface area contributed by atoms with E-state index < -0.39 is 0 Å². The normalized spacial score (nSPS) is 15.1.